The second kappa shape index (κ2) is 10.8. The number of benzene rings is 2. The van der Waals surface area contributed by atoms with Crippen molar-refractivity contribution in [2.45, 2.75) is 33.1 Å². The van der Waals surface area contributed by atoms with Gasteiger partial charge in [0.2, 0.25) is 11.0 Å². The Hall–Kier alpha value is -3.13. The van der Waals surface area contributed by atoms with Crippen molar-refractivity contribution < 1.29 is 14.0 Å². The lowest BCUT2D eigenvalue weighted by Gasteiger charge is -2.22. The maximum atomic E-state index is 14.0. The van der Waals surface area contributed by atoms with Crippen molar-refractivity contribution >= 4 is 28.3 Å². The van der Waals surface area contributed by atoms with E-state index in [1.54, 1.807) is 12.1 Å². The largest absolute Gasteiger partial charge is 0.338 e. The molecule has 162 valence electrons. The molecule has 0 saturated carbocycles. The van der Waals surface area contributed by atoms with Crippen LogP contribution in [0.4, 0.5) is 9.52 Å². The molecule has 0 atom stereocenters. The maximum Gasteiger partial charge on any atom is 0.256 e. The van der Waals surface area contributed by atoms with Gasteiger partial charge in [-0.15, -0.1) is 10.2 Å². The molecule has 2 aromatic carbocycles. The van der Waals surface area contributed by atoms with E-state index in [0.29, 0.717) is 11.7 Å². The topological polar surface area (TPSA) is 75.2 Å². The number of aryl methyl sites for hydroxylation is 1. The summed E-state index contributed by atoms with van der Waals surface area (Å²) in [5, 5.41) is 12.0. The zero-order valence-electron chi connectivity index (χ0n) is 17.6. The molecule has 0 aliphatic heterocycles. The van der Waals surface area contributed by atoms with Gasteiger partial charge in [0, 0.05) is 25.1 Å². The maximum absolute atomic E-state index is 14.0. The molecule has 0 fully saturated rings. The number of anilines is 1. The molecular formula is C23H25FN4O2S. The van der Waals surface area contributed by atoms with Crippen molar-refractivity contribution in [2.24, 2.45) is 0 Å². The molecule has 3 rings (SSSR count). The summed E-state index contributed by atoms with van der Waals surface area (Å²) in [6.45, 7) is 4.69. The van der Waals surface area contributed by atoms with Crippen molar-refractivity contribution in [1.29, 1.82) is 0 Å². The Morgan fingerprint density at radius 3 is 2.52 bits per heavy atom. The van der Waals surface area contributed by atoms with Gasteiger partial charge in [-0.1, -0.05) is 66.6 Å². The Morgan fingerprint density at radius 2 is 1.81 bits per heavy atom. The monoisotopic (exact) mass is 440 g/mol. The minimum Gasteiger partial charge on any atom is -0.338 e. The first-order chi connectivity index (χ1) is 15.0. The highest BCUT2D eigenvalue weighted by atomic mass is 32.1. The average molecular weight is 441 g/mol. The van der Waals surface area contributed by atoms with Crippen LogP contribution in [0.15, 0.2) is 48.5 Å². The molecular weight excluding hydrogens is 415 g/mol. The molecule has 0 unspecified atom stereocenters. The van der Waals surface area contributed by atoms with E-state index in [1.165, 1.54) is 28.4 Å². The van der Waals surface area contributed by atoms with Gasteiger partial charge in [-0.2, -0.15) is 0 Å². The lowest BCUT2D eigenvalue weighted by molar-refractivity contribution is -0.116. The van der Waals surface area contributed by atoms with Crippen molar-refractivity contribution in [3.63, 3.8) is 0 Å². The molecule has 0 spiro atoms. The Kier molecular flexibility index (Phi) is 7.83. The molecule has 1 aromatic heterocycles. The third-order valence-corrected chi connectivity index (χ3v) is 5.64. The molecule has 0 saturated heterocycles. The van der Waals surface area contributed by atoms with Crippen LogP contribution < -0.4 is 5.32 Å². The predicted octanol–water partition coefficient (Wildman–Crippen LogP) is 4.92. The Bertz CT molecular complexity index is 1040. The van der Waals surface area contributed by atoms with Gasteiger partial charge in [-0.05, 0) is 25.5 Å². The van der Waals surface area contributed by atoms with Crippen molar-refractivity contribution in [1.82, 2.24) is 15.1 Å². The number of hydrogen-bond acceptors (Lipinski definition) is 5. The normalized spacial score (nSPS) is 10.7. The van der Waals surface area contributed by atoms with E-state index in [2.05, 4.69) is 15.5 Å². The molecule has 6 nitrogen and oxygen atoms in total. The fourth-order valence-corrected chi connectivity index (χ4v) is 3.74. The second-order valence-electron chi connectivity index (χ2n) is 7.20. The van der Waals surface area contributed by atoms with Crippen LogP contribution in [0.25, 0.3) is 10.6 Å². The van der Waals surface area contributed by atoms with Crippen LogP contribution in [0.2, 0.25) is 0 Å². The van der Waals surface area contributed by atoms with Crippen LogP contribution >= 0.6 is 11.3 Å². The van der Waals surface area contributed by atoms with Crippen LogP contribution in [0.1, 0.15) is 42.1 Å². The minimum absolute atomic E-state index is 0.0193. The lowest BCUT2D eigenvalue weighted by Crippen LogP contribution is -2.35. The summed E-state index contributed by atoms with van der Waals surface area (Å²) in [4.78, 5) is 26.7. The highest BCUT2D eigenvalue weighted by Crippen LogP contribution is 2.26. The van der Waals surface area contributed by atoms with E-state index >= 15 is 0 Å². The first kappa shape index (κ1) is 22.6. The molecule has 1 N–H and O–H groups in total. The van der Waals surface area contributed by atoms with Crippen LogP contribution in [0.3, 0.4) is 0 Å². The predicted molar refractivity (Wildman–Crippen MR) is 121 cm³/mol. The minimum atomic E-state index is -0.559. The summed E-state index contributed by atoms with van der Waals surface area (Å²) in [7, 11) is 0. The number of carbonyl (C=O) groups excluding carboxylic acids is 2. The molecule has 2 amide bonds. The lowest BCUT2D eigenvalue weighted by atomic mass is 10.1. The molecule has 1 heterocycles. The molecule has 0 radical (unpaired) electrons. The molecule has 8 heteroatoms. The van der Waals surface area contributed by atoms with Gasteiger partial charge in [0.15, 0.2) is 0 Å². The zero-order valence-corrected chi connectivity index (χ0v) is 18.4. The SMILES string of the molecule is CCCCN(CCC(=O)Nc1nnc(-c2ccc(C)cc2)s1)C(=O)c1ccccc1F. The fourth-order valence-electron chi connectivity index (χ4n) is 2.97. The molecule has 0 bridgehead atoms. The molecule has 0 aliphatic rings. The number of unbranched alkanes of at least 4 members (excludes halogenated alkanes) is 1. The number of amides is 2. The molecule has 31 heavy (non-hydrogen) atoms. The third kappa shape index (κ3) is 6.18. The first-order valence-electron chi connectivity index (χ1n) is 10.2. The van der Waals surface area contributed by atoms with Crippen molar-refractivity contribution in [2.75, 3.05) is 18.4 Å². The number of aromatic nitrogens is 2. The third-order valence-electron chi connectivity index (χ3n) is 4.75. The summed E-state index contributed by atoms with van der Waals surface area (Å²) in [6, 6.07) is 13.8. The van der Waals surface area contributed by atoms with Gasteiger partial charge in [-0.3, -0.25) is 9.59 Å². The van der Waals surface area contributed by atoms with Gasteiger partial charge in [0.1, 0.15) is 10.8 Å². The average Bonchev–Trinajstić information content (AvgIpc) is 3.22. The standard InChI is InChI=1S/C23H25FN4O2S/c1-3-4-14-28(22(30)18-7-5-6-8-19(18)24)15-13-20(29)25-23-27-26-21(31-23)17-11-9-16(2)10-12-17/h5-12H,3-4,13-15H2,1-2H3,(H,25,27,29). The van der Waals surface area contributed by atoms with Gasteiger partial charge in [-0.25, -0.2) is 4.39 Å². The molecule has 0 aliphatic carbocycles. The van der Waals surface area contributed by atoms with Gasteiger partial charge in [0.25, 0.3) is 5.91 Å². The summed E-state index contributed by atoms with van der Waals surface area (Å²) in [5.41, 5.74) is 2.11. The van der Waals surface area contributed by atoms with Gasteiger partial charge in [0.05, 0.1) is 5.56 Å². The summed E-state index contributed by atoms with van der Waals surface area (Å²) >= 11 is 1.29. The highest BCUT2D eigenvalue weighted by molar-refractivity contribution is 7.18. The summed E-state index contributed by atoms with van der Waals surface area (Å²) in [5.74, 6) is -1.23. The Balaban J connectivity index is 1.60. The Labute approximate surface area is 185 Å². The number of halogens is 1. The number of nitrogens with zero attached hydrogens (tertiary/aromatic N) is 3. The van der Waals surface area contributed by atoms with Crippen molar-refractivity contribution in [3.8, 4) is 10.6 Å². The van der Waals surface area contributed by atoms with Crippen molar-refractivity contribution in [3.05, 3.63) is 65.5 Å². The number of rotatable bonds is 9. The zero-order chi connectivity index (χ0) is 22.2. The van der Waals surface area contributed by atoms with E-state index in [9.17, 15) is 14.0 Å². The number of nitrogens with one attached hydrogen (secondary N) is 1. The van der Waals surface area contributed by atoms with E-state index in [0.717, 1.165) is 29.0 Å². The fraction of sp³-hybridized carbons (Fsp3) is 0.304. The smallest absolute Gasteiger partial charge is 0.256 e. The summed E-state index contributed by atoms with van der Waals surface area (Å²) < 4.78 is 14.0. The van der Waals surface area contributed by atoms with E-state index in [1.807, 2.05) is 38.1 Å². The Morgan fingerprint density at radius 1 is 1.06 bits per heavy atom. The van der Waals surface area contributed by atoms with E-state index in [4.69, 9.17) is 0 Å². The number of carbonyl (C=O) groups is 2. The van der Waals surface area contributed by atoms with E-state index in [-0.39, 0.29) is 24.4 Å². The quantitative estimate of drug-likeness (QED) is 0.512. The summed E-state index contributed by atoms with van der Waals surface area (Å²) in [6.07, 6.45) is 1.75. The van der Waals surface area contributed by atoms with Crippen LogP contribution in [-0.4, -0.2) is 40.0 Å². The van der Waals surface area contributed by atoms with Gasteiger partial charge < -0.3 is 10.2 Å². The van der Waals surface area contributed by atoms with Crippen LogP contribution in [0.5, 0.6) is 0 Å². The second-order valence-corrected chi connectivity index (χ2v) is 8.18. The first-order valence-corrected chi connectivity index (χ1v) is 11.0. The van der Waals surface area contributed by atoms with Gasteiger partial charge >= 0.3 is 0 Å². The van der Waals surface area contributed by atoms with Crippen LogP contribution in [0, 0.1) is 12.7 Å². The molecule has 3 aromatic rings. The number of hydrogen-bond donors (Lipinski definition) is 1. The van der Waals surface area contributed by atoms with Crippen LogP contribution in [-0.2, 0) is 4.79 Å². The van der Waals surface area contributed by atoms with E-state index < -0.39 is 11.7 Å². The highest BCUT2D eigenvalue weighted by Gasteiger charge is 2.20.